The number of carboxylic acid groups (broad SMARTS) is 1. The minimum absolute atomic E-state index is 0.00136. The minimum atomic E-state index is -1.90. The third kappa shape index (κ3) is 28.7. The standard InChI is InChI=1S/C89H121FN18O19S/c1-8-10-25-67-82(120)98-61(37-38-72(92)110)86(124)107-40-18-27-68(107)83(121)100-63(45-55-47-94-59-23-16-15-22-58(55)59)80(118)99-62(42-54-31-35-57(109)36-32-54)79(117)97-60(24-17-39-91)78(116)102-66(77(115)95-48-73(93)111)49-128-50-74(112)96-65(43-53-29-33-56(90)34-30-53)85(123)106(7)71(44-52-20-13-12-14-21-52)87(125)105(6)70(26-11-9-2)88(126)108-41-19-28-69(108)84(122)101-64(46-75(113)114)81(119)103-76(51(3)4)89(127)104(67)5/h12-16,20-23,29-36,47,51,60-71,76,94,109H,8-11,17-19,24-28,37-46,48-50,91H2,1-7H3,(H2,92,110)(H2,93,111)(H,95,115)(H,96,112)(H,97,117)(H,98,120)(H,99,118)(H,100,121)(H,101,122)(H,102,116)(H,103,119)(H,113,114)/t60-,61-,62-,63-,64-,65-,66-,67-,68+,69+,70-,71-,76-/m0/s1. The SMILES string of the molecule is CCCC[C@H]1C(=O)N[C@@H](CCC(N)=O)C(=O)N2CCC[C@@H]2C(=O)N[C@@H](Cc2c[nH]c3ccccc23)C(=O)N[C@@H](Cc2ccc(O)cc2)C(=O)N[C@@H](CCCN)C(=O)N[C@H](C(=O)NCC(N)=O)CSCC(=O)N[C@@H](Cc2ccc(F)cc2)C(=O)N(C)[C@@H](Cc2ccccc2)C(=O)N(C)[C@@H](CCCC)C(=O)N2CCC[C@@H]2C(=O)N[C@@H](CC(=O)O)C(=O)N[C@@H](C(C)C)C(=O)N1C. The van der Waals surface area contributed by atoms with Crippen LogP contribution in [0.25, 0.3) is 10.9 Å². The van der Waals surface area contributed by atoms with Gasteiger partial charge < -0.3 is 105 Å². The van der Waals surface area contributed by atoms with Crippen LogP contribution in [0.15, 0.2) is 109 Å². The molecule has 18 N–H and O–H groups in total. The number of phenols is 1. The predicted molar refractivity (Wildman–Crippen MR) is 471 cm³/mol. The molecule has 3 aliphatic heterocycles. The molecule has 694 valence electrons. The first-order valence-electron chi connectivity index (χ1n) is 43.3. The molecule has 1 aromatic heterocycles. The molecule has 0 bridgehead atoms. The van der Waals surface area contributed by atoms with Crippen molar-refractivity contribution in [1.82, 2.24) is 77.3 Å². The monoisotopic (exact) mass is 1800 g/mol. The second kappa shape index (κ2) is 49.0. The van der Waals surface area contributed by atoms with Crippen molar-refractivity contribution in [2.75, 3.05) is 58.8 Å². The number of hydrogen-bond acceptors (Lipinski definition) is 20. The molecule has 8 rings (SSSR count). The number of thioether (sulfide) groups is 1. The van der Waals surface area contributed by atoms with Crippen LogP contribution in [0.4, 0.5) is 4.39 Å². The van der Waals surface area contributed by atoms with E-state index < -0.39 is 228 Å². The van der Waals surface area contributed by atoms with E-state index in [1.807, 2.05) is 13.8 Å². The van der Waals surface area contributed by atoms with Gasteiger partial charge in [0.25, 0.3) is 0 Å². The molecule has 4 aromatic carbocycles. The lowest BCUT2D eigenvalue weighted by Crippen LogP contribution is -2.61. The lowest BCUT2D eigenvalue weighted by atomic mass is 9.99. The number of nitrogens with one attached hydrogen (secondary N) is 10. The molecule has 37 nitrogen and oxygen atoms in total. The Hall–Kier alpha value is -12.6. The molecule has 3 fully saturated rings. The van der Waals surface area contributed by atoms with E-state index in [9.17, 15) is 53.0 Å². The van der Waals surface area contributed by atoms with Gasteiger partial charge in [-0.15, -0.1) is 11.8 Å². The van der Waals surface area contributed by atoms with Gasteiger partial charge in [0.2, 0.25) is 94.5 Å². The van der Waals surface area contributed by atoms with Crippen LogP contribution in [0.5, 0.6) is 5.75 Å². The second-order valence-corrected chi connectivity index (χ2v) is 34.0. The summed E-state index contributed by atoms with van der Waals surface area (Å²) in [6.07, 6.45) is 0.601. The fourth-order valence-corrected chi connectivity index (χ4v) is 16.8. The molecular weight excluding hydrogens is 1680 g/mol. The van der Waals surface area contributed by atoms with Crippen molar-refractivity contribution in [3.05, 3.63) is 137 Å². The van der Waals surface area contributed by atoms with Gasteiger partial charge in [0.15, 0.2) is 0 Å². The number of para-hydroxylation sites is 1. The molecule has 4 heterocycles. The van der Waals surface area contributed by atoms with Crippen LogP contribution in [-0.4, -0.2) is 278 Å². The summed E-state index contributed by atoms with van der Waals surface area (Å²) in [6, 6.07) is 6.37. The molecule has 5 aromatic rings. The topological polar surface area (TPSA) is 549 Å². The number of aliphatic carboxylic acids is 1. The maximum absolute atomic E-state index is 15.7. The van der Waals surface area contributed by atoms with Gasteiger partial charge in [0.1, 0.15) is 90.1 Å². The lowest BCUT2D eigenvalue weighted by molar-refractivity contribution is -0.152. The molecule has 3 aliphatic rings. The summed E-state index contributed by atoms with van der Waals surface area (Å²) in [4.78, 5) is 257. The van der Waals surface area contributed by atoms with Crippen molar-refractivity contribution in [2.24, 2.45) is 23.1 Å². The number of primary amides is 2. The van der Waals surface area contributed by atoms with Gasteiger partial charge in [0.05, 0.1) is 18.7 Å². The number of carbonyl (C=O) groups excluding carboxylic acids is 16. The molecule has 3 saturated heterocycles. The summed E-state index contributed by atoms with van der Waals surface area (Å²) in [7, 11) is 3.97. The highest BCUT2D eigenvalue weighted by molar-refractivity contribution is 8.00. The zero-order valence-corrected chi connectivity index (χ0v) is 74.1. The van der Waals surface area contributed by atoms with Crippen LogP contribution >= 0.6 is 11.8 Å². The highest BCUT2D eigenvalue weighted by Gasteiger charge is 2.46. The molecule has 39 heteroatoms. The number of nitrogens with zero attached hydrogens (tertiary/aromatic N) is 5. The number of aromatic amines is 1. The number of halogens is 1. The van der Waals surface area contributed by atoms with E-state index in [1.165, 1.54) is 72.2 Å². The number of fused-ring (bicyclic) bond motifs is 3. The number of nitrogens with two attached hydrogens (primary N) is 3. The Balaban J connectivity index is 1.21. The Morgan fingerprint density at radius 2 is 1.04 bits per heavy atom. The normalized spacial score (nSPS) is 24.0. The van der Waals surface area contributed by atoms with Gasteiger partial charge in [-0.25, -0.2) is 4.39 Å². The maximum Gasteiger partial charge on any atom is 0.305 e. The molecule has 0 aliphatic carbocycles. The first-order valence-corrected chi connectivity index (χ1v) is 44.5. The summed E-state index contributed by atoms with van der Waals surface area (Å²) in [5.41, 5.74) is 19.6. The molecule has 0 saturated carbocycles. The van der Waals surface area contributed by atoms with Gasteiger partial charge >= 0.3 is 5.97 Å². The number of carbonyl (C=O) groups is 17. The Morgan fingerprint density at radius 3 is 1.64 bits per heavy atom. The molecule has 13 atom stereocenters. The van der Waals surface area contributed by atoms with Crippen LogP contribution in [0.1, 0.15) is 146 Å². The van der Waals surface area contributed by atoms with Crippen molar-refractivity contribution in [3.63, 3.8) is 0 Å². The van der Waals surface area contributed by atoms with Gasteiger partial charge in [-0.3, -0.25) is 81.5 Å². The van der Waals surface area contributed by atoms with Crippen molar-refractivity contribution in [2.45, 2.75) is 228 Å². The summed E-state index contributed by atoms with van der Waals surface area (Å²) in [6.45, 7) is 5.90. The number of phenolic OH excluding ortho intramolecular Hbond substituents is 1. The first-order chi connectivity index (χ1) is 61.0. The third-order valence-corrected chi connectivity index (χ3v) is 24.1. The van der Waals surface area contributed by atoms with Crippen molar-refractivity contribution >= 4 is 123 Å². The third-order valence-electron chi connectivity index (χ3n) is 23.1. The van der Waals surface area contributed by atoms with Gasteiger partial charge in [-0.2, -0.15) is 0 Å². The van der Waals surface area contributed by atoms with Crippen LogP contribution in [0.2, 0.25) is 0 Å². The fraction of sp³-hybridized carbons (Fsp3) is 0.517. The van der Waals surface area contributed by atoms with Crippen molar-refractivity contribution < 1.29 is 96.1 Å². The average molecular weight is 1800 g/mol. The summed E-state index contributed by atoms with van der Waals surface area (Å²) < 4.78 is 14.6. The second-order valence-electron chi connectivity index (χ2n) is 33.0. The largest absolute Gasteiger partial charge is 0.508 e. The number of aromatic hydroxyl groups is 1. The number of hydrogen-bond donors (Lipinski definition) is 15. The quantitative estimate of drug-likeness (QED) is 0.0358. The molecule has 0 radical (unpaired) electrons. The summed E-state index contributed by atoms with van der Waals surface area (Å²) in [5, 5.41) is 45.1. The smallest absolute Gasteiger partial charge is 0.305 e. The number of H-pyrrole nitrogens is 1. The van der Waals surface area contributed by atoms with E-state index in [0.29, 0.717) is 58.8 Å². The number of likely N-dealkylation sites (N-methyl/N-ethyl adjacent to an activating group) is 3. The predicted octanol–water partition coefficient (Wildman–Crippen LogP) is 0.488. The van der Waals surface area contributed by atoms with E-state index >= 15 is 43.2 Å². The Kier molecular flexibility index (Phi) is 38.6. The van der Waals surface area contributed by atoms with Gasteiger partial charge in [-0.05, 0) is 123 Å². The number of benzene rings is 4. The first kappa shape index (κ1) is 101. The molecule has 16 amide bonds. The zero-order chi connectivity index (χ0) is 93.6. The van der Waals surface area contributed by atoms with Crippen LogP contribution < -0.4 is 65.1 Å². The number of rotatable bonds is 26. The highest BCUT2D eigenvalue weighted by Crippen LogP contribution is 2.28. The molecule has 0 unspecified atom stereocenters. The number of unbranched alkanes of at least 4 members (excludes halogenated alkanes) is 2. The number of carboxylic acids is 1. The van der Waals surface area contributed by atoms with E-state index in [4.69, 9.17) is 17.2 Å². The maximum atomic E-state index is 15.7. The zero-order valence-electron chi connectivity index (χ0n) is 73.2. The number of amides is 16. The Labute approximate surface area is 746 Å². The molecule has 0 spiro atoms. The van der Waals surface area contributed by atoms with Crippen LogP contribution in [0, 0.1) is 11.7 Å². The average Bonchev–Trinajstić information content (AvgIpc) is 1.72. The van der Waals surface area contributed by atoms with Gasteiger partial charge in [0, 0.05) is 89.2 Å². The van der Waals surface area contributed by atoms with Crippen molar-refractivity contribution in [1.29, 1.82) is 0 Å². The van der Waals surface area contributed by atoms with Crippen LogP contribution in [-0.2, 0) is 107 Å². The van der Waals surface area contributed by atoms with E-state index in [-0.39, 0.29) is 102 Å². The summed E-state index contributed by atoms with van der Waals surface area (Å²) in [5.74, 6) is -18.7. The van der Waals surface area contributed by atoms with Crippen molar-refractivity contribution in [3.8, 4) is 5.75 Å². The Morgan fingerprint density at radius 1 is 0.516 bits per heavy atom. The fourth-order valence-electron chi connectivity index (χ4n) is 15.9. The molecule has 128 heavy (non-hydrogen) atoms. The van der Waals surface area contributed by atoms with E-state index in [0.717, 1.165) is 33.7 Å². The Bertz CT molecular complexity index is 4760. The van der Waals surface area contributed by atoms with E-state index in [2.05, 4.69) is 52.8 Å². The lowest BCUT2D eigenvalue weighted by Gasteiger charge is -2.38. The highest BCUT2D eigenvalue weighted by atomic mass is 32.2. The number of aromatic nitrogens is 1. The van der Waals surface area contributed by atoms with Crippen LogP contribution in [0.3, 0.4) is 0 Å². The van der Waals surface area contributed by atoms with Gasteiger partial charge in [-0.1, -0.05) is 126 Å². The summed E-state index contributed by atoms with van der Waals surface area (Å²) >= 11 is 0.773. The molecular formula is C89H121FN18O19S. The van der Waals surface area contributed by atoms with E-state index in [1.54, 1.807) is 74.6 Å². The minimum Gasteiger partial charge on any atom is -0.508 e.